The van der Waals surface area contributed by atoms with Gasteiger partial charge in [-0.1, -0.05) is 55.5 Å². The number of rotatable bonds is 7. The molecule has 0 aliphatic heterocycles. The number of benzene rings is 3. The number of carboxylic acid groups (broad SMARTS) is 1. The number of aliphatic carboxylic acids is 1. The van der Waals surface area contributed by atoms with Gasteiger partial charge in [-0.05, 0) is 53.8 Å². The summed E-state index contributed by atoms with van der Waals surface area (Å²) in [6.45, 7) is 3.03. The predicted octanol–water partition coefficient (Wildman–Crippen LogP) is 5.17. The second kappa shape index (κ2) is 9.58. The summed E-state index contributed by atoms with van der Waals surface area (Å²) in [5, 5.41) is 14.2. The highest BCUT2D eigenvalue weighted by molar-refractivity contribution is 5.99. The number of amides is 2. The fourth-order valence-corrected chi connectivity index (χ4v) is 4.14. The van der Waals surface area contributed by atoms with E-state index in [2.05, 4.69) is 10.6 Å². The van der Waals surface area contributed by atoms with Crippen LogP contribution < -0.4 is 10.6 Å². The minimum Gasteiger partial charge on any atom is -0.480 e. The van der Waals surface area contributed by atoms with Crippen LogP contribution in [-0.2, 0) is 9.53 Å². The van der Waals surface area contributed by atoms with Crippen molar-refractivity contribution < 1.29 is 28.6 Å². The third kappa shape index (κ3) is 4.73. The van der Waals surface area contributed by atoms with Gasteiger partial charge in [-0.3, -0.25) is 10.1 Å². The van der Waals surface area contributed by atoms with E-state index in [-0.39, 0.29) is 30.2 Å². The first-order valence-electron chi connectivity index (χ1n) is 11.2. The van der Waals surface area contributed by atoms with E-state index in [1.54, 1.807) is 6.92 Å². The Hall–Kier alpha value is -4.20. The summed E-state index contributed by atoms with van der Waals surface area (Å²) in [6, 6.07) is 19.4. The zero-order valence-electron chi connectivity index (χ0n) is 19.3. The summed E-state index contributed by atoms with van der Waals surface area (Å²) in [6.07, 6.45) is -0.651. The van der Waals surface area contributed by atoms with Crippen molar-refractivity contribution in [2.45, 2.75) is 31.7 Å². The number of carboxylic acids is 1. The largest absolute Gasteiger partial charge is 0.480 e. The molecule has 3 N–H and O–H groups in total. The smallest absolute Gasteiger partial charge is 0.411 e. The zero-order chi connectivity index (χ0) is 25.2. The van der Waals surface area contributed by atoms with Gasteiger partial charge in [-0.15, -0.1) is 0 Å². The minimum absolute atomic E-state index is 0.0991. The summed E-state index contributed by atoms with van der Waals surface area (Å²) in [5.41, 5.74) is 2.54. The molecule has 3 aromatic rings. The first-order chi connectivity index (χ1) is 16.7. The number of halogens is 1. The highest BCUT2D eigenvalue weighted by Crippen LogP contribution is 2.44. The van der Waals surface area contributed by atoms with Crippen LogP contribution in [0.15, 0.2) is 66.7 Å². The van der Waals surface area contributed by atoms with Gasteiger partial charge in [-0.2, -0.15) is 0 Å². The van der Waals surface area contributed by atoms with E-state index < -0.39 is 29.3 Å². The molecule has 8 heteroatoms. The van der Waals surface area contributed by atoms with E-state index in [0.29, 0.717) is 0 Å². The molecule has 0 heterocycles. The quantitative estimate of drug-likeness (QED) is 0.436. The van der Waals surface area contributed by atoms with Crippen LogP contribution in [-0.4, -0.2) is 35.2 Å². The van der Waals surface area contributed by atoms with Gasteiger partial charge in [0.25, 0.3) is 5.91 Å². The number of hydrogen-bond donors (Lipinski definition) is 3. The van der Waals surface area contributed by atoms with E-state index in [0.717, 1.165) is 34.4 Å². The normalized spacial score (nSPS) is 13.8. The molecule has 35 heavy (non-hydrogen) atoms. The summed E-state index contributed by atoms with van der Waals surface area (Å²) in [5.74, 6) is -3.10. The zero-order valence-corrected chi connectivity index (χ0v) is 19.3. The molecule has 0 saturated carbocycles. The maximum absolute atomic E-state index is 14.3. The fourth-order valence-electron chi connectivity index (χ4n) is 4.14. The van der Waals surface area contributed by atoms with Crippen molar-refractivity contribution in [3.63, 3.8) is 0 Å². The Labute approximate surface area is 201 Å². The van der Waals surface area contributed by atoms with Gasteiger partial charge in [0.1, 0.15) is 18.0 Å². The van der Waals surface area contributed by atoms with Crippen molar-refractivity contribution in [3.05, 3.63) is 89.2 Å². The van der Waals surface area contributed by atoms with Crippen LogP contribution in [0, 0.1) is 5.82 Å². The average molecular weight is 477 g/mol. The average Bonchev–Trinajstić information content (AvgIpc) is 3.17. The molecular weight excluding hydrogens is 451 g/mol. The molecule has 1 atom stereocenters. The molecule has 1 aliphatic rings. The standard InChI is InChI=1S/C27H25FN2O5/c1-3-27(2,25(32)33)30-24(31)21-14-16(12-13-23(21)28)29-26(34)35-15-22-19-10-6-4-8-17(19)18-9-5-7-11-20(18)22/h4-14,22H,3,15H2,1-2H3,(H,29,34)(H,30,31)(H,32,33). The van der Waals surface area contributed by atoms with Crippen LogP contribution in [0.25, 0.3) is 11.1 Å². The Morgan fingerprint density at radius 3 is 2.17 bits per heavy atom. The lowest BCUT2D eigenvalue weighted by Crippen LogP contribution is -2.51. The molecule has 4 rings (SSSR count). The Kier molecular flexibility index (Phi) is 6.55. The molecule has 0 fully saturated rings. The number of carbonyl (C=O) groups excluding carboxylic acids is 2. The van der Waals surface area contributed by atoms with E-state index >= 15 is 0 Å². The first-order valence-corrected chi connectivity index (χ1v) is 11.2. The number of nitrogens with one attached hydrogen (secondary N) is 2. The van der Waals surface area contributed by atoms with Gasteiger partial charge in [0.2, 0.25) is 0 Å². The fraction of sp³-hybridized carbons (Fsp3) is 0.222. The lowest BCUT2D eigenvalue weighted by atomic mass is 9.98. The van der Waals surface area contributed by atoms with Crippen molar-refractivity contribution in [2.24, 2.45) is 0 Å². The molecular formula is C27H25FN2O5. The van der Waals surface area contributed by atoms with Crippen molar-refractivity contribution in [1.82, 2.24) is 5.32 Å². The molecule has 0 spiro atoms. The monoisotopic (exact) mass is 476 g/mol. The molecule has 2 amide bonds. The number of hydrogen-bond acceptors (Lipinski definition) is 4. The lowest BCUT2D eigenvalue weighted by Gasteiger charge is -2.24. The maximum Gasteiger partial charge on any atom is 0.411 e. The van der Waals surface area contributed by atoms with Crippen molar-refractivity contribution in [2.75, 3.05) is 11.9 Å². The number of fused-ring (bicyclic) bond motifs is 3. The predicted molar refractivity (Wildman–Crippen MR) is 129 cm³/mol. The van der Waals surface area contributed by atoms with Crippen LogP contribution in [0.4, 0.5) is 14.9 Å². The Bertz CT molecular complexity index is 1260. The topological polar surface area (TPSA) is 105 Å². The molecule has 1 aliphatic carbocycles. The van der Waals surface area contributed by atoms with Gasteiger partial charge < -0.3 is 15.2 Å². The highest BCUT2D eigenvalue weighted by atomic mass is 19.1. The van der Waals surface area contributed by atoms with Gasteiger partial charge >= 0.3 is 12.1 Å². The van der Waals surface area contributed by atoms with E-state index in [9.17, 15) is 23.9 Å². The van der Waals surface area contributed by atoms with Crippen LogP contribution in [0.5, 0.6) is 0 Å². The van der Waals surface area contributed by atoms with Crippen LogP contribution in [0.3, 0.4) is 0 Å². The van der Waals surface area contributed by atoms with E-state index in [1.807, 2.05) is 48.5 Å². The number of anilines is 1. The second-order valence-electron chi connectivity index (χ2n) is 8.59. The Balaban J connectivity index is 1.45. The van der Waals surface area contributed by atoms with Gasteiger partial charge in [0.15, 0.2) is 0 Å². The summed E-state index contributed by atoms with van der Waals surface area (Å²) in [7, 11) is 0. The van der Waals surface area contributed by atoms with E-state index in [4.69, 9.17) is 4.74 Å². The van der Waals surface area contributed by atoms with Gasteiger partial charge in [0.05, 0.1) is 5.56 Å². The van der Waals surface area contributed by atoms with Crippen molar-refractivity contribution >= 4 is 23.7 Å². The second-order valence-corrected chi connectivity index (χ2v) is 8.59. The third-order valence-electron chi connectivity index (χ3n) is 6.37. The third-order valence-corrected chi connectivity index (χ3v) is 6.37. The molecule has 0 radical (unpaired) electrons. The number of carbonyl (C=O) groups is 3. The molecule has 3 aromatic carbocycles. The van der Waals surface area contributed by atoms with Gasteiger partial charge in [0, 0.05) is 11.6 Å². The maximum atomic E-state index is 14.3. The lowest BCUT2D eigenvalue weighted by molar-refractivity contribution is -0.143. The van der Waals surface area contributed by atoms with Crippen molar-refractivity contribution in [3.8, 4) is 11.1 Å². The molecule has 0 saturated heterocycles. The van der Waals surface area contributed by atoms with Crippen LogP contribution in [0.1, 0.15) is 47.7 Å². The van der Waals surface area contributed by atoms with Crippen molar-refractivity contribution in [1.29, 1.82) is 0 Å². The summed E-state index contributed by atoms with van der Waals surface area (Å²) >= 11 is 0. The first kappa shape index (κ1) is 23.9. The minimum atomic E-state index is -1.56. The van der Waals surface area contributed by atoms with Gasteiger partial charge in [-0.25, -0.2) is 14.0 Å². The Morgan fingerprint density at radius 2 is 1.60 bits per heavy atom. The highest BCUT2D eigenvalue weighted by Gasteiger charge is 2.34. The molecule has 7 nitrogen and oxygen atoms in total. The molecule has 0 bridgehead atoms. The molecule has 0 aromatic heterocycles. The summed E-state index contributed by atoms with van der Waals surface area (Å²) in [4.78, 5) is 36.5. The summed E-state index contributed by atoms with van der Waals surface area (Å²) < 4.78 is 19.8. The Morgan fingerprint density at radius 1 is 1.00 bits per heavy atom. The number of ether oxygens (including phenoxy) is 1. The molecule has 180 valence electrons. The van der Waals surface area contributed by atoms with E-state index in [1.165, 1.54) is 13.0 Å². The molecule has 1 unspecified atom stereocenters. The SMILES string of the molecule is CCC(C)(NC(=O)c1cc(NC(=O)OCC2c3ccccc3-c3ccccc32)ccc1F)C(=O)O. The van der Waals surface area contributed by atoms with Crippen LogP contribution in [0.2, 0.25) is 0 Å². The van der Waals surface area contributed by atoms with Crippen LogP contribution >= 0.6 is 0 Å².